The molecule has 84 valence electrons. The third-order valence-corrected chi connectivity index (χ3v) is 3.17. The van der Waals surface area contributed by atoms with E-state index < -0.39 is 0 Å². The average Bonchev–Trinajstić information content (AvgIpc) is 2.94. The number of nitrogens with one attached hydrogen (secondary N) is 1. The molecular weight excluding hydrogens is 176 g/mol. The maximum Gasteiger partial charge on any atom is 0.0692 e. The van der Waals surface area contributed by atoms with Crippen molar-refractivity contribution in [1.29, 1.82) is 0 Å². The van der Waals surface area contributed by atoms with Crippen molar-refractivity contribution in [2.75, 3.05) is 19.6 Å². The molecule has 3 heteroatoms. The van der Waals surface area contributed by atoms with Crippen LogP contribution in [0.4, 0.5) is 0 Å². The van der Waals surface area contributed by atoms with E-state index in [1.54, 1.807) is 0 Å². The number of rotatable bonds is 7. The van der Waals surface area contributed by atoms with Gasteiger partial charge in [-0.1, -0.05) is 13.8 Å². The van der Waals surface area contributed by atoms with Crippen molar-refractivity contribution < 1.29 is 5.11 Å². The van der Waals surface area contributed by atoms with Crippen LogP contribution in [0.3, 0.4) is 0 Å². The second-order valence-electron chi connectivity index (χ2n) is 4.80. The largest absolute Gasteiger partial charge is 0.392 e. The molecule has 2 atom stereocenters. The van der Waals surface area contributed by atoms with Gasteiger partial charge in [-0.3, -0.25) is 0 Å². The number of aliphatic hydroxyl groups excluding tert-OH is 1. The summed E-state index contributed by atoms with van der Waals surface area (Å²) in [6.07, 6.45) is 2.27. The van der Waals surface area contributed by atoms with Crippen molar-refractivity contribution in [3.63, 3.8) is 0 Å². The van der Waals surface area contributed by atoms with E-state index in [0.717, 1.165) is 19.6 Å². The number of nitrogens with two attached hydrogens (primary N) is 1. The Balaban J connectivity index is 2.06. The Hall–Kier alpha value is -0.120. The molecule has 4 N–H and O–H groups in total. The summed E-state index contributed by atoms with van der Waals surface area (Å²) in [6.45, 7) is 6.77. The van der Waals surface area contributed by atoms with Crippen molar-refractivity contribution in [1.82, 2.24) is 5.32 Å². The molecule has 0 spiro atoms. The molecule has 0 aliphatic heterocycles. The van der Waals surface area contributed by atoms with Gasteiger partial charge >= 0.3 is 0 Å². The van der Waals surface area contributed by atoms with Crippen LogP contribution in [0.5, 0.6) is 0 Å². The lowest BCUT2D eigenvalue weighted by Crippen LogP contribution is -2.36. The first-order valence-corrected chi connectivity index (χ1v) is 5.74. The van der Waals surface area contributed by atoms with Gasteiger partial charge < -0.3 is 16.2 Å². The second-order valence-corrected chi connectivity index (χ2v) is 4.80. The van der Waals surface area contributed by atoms with Crippen LogP contribution in [-0.4, -0.2) is 30.8 Å². The predicted octanol–water partition coefficient (Wildman–Crippen LogP) is 0.578. The Morgan fingerprint density at radius 3 is 2.43 bits per heavy atom. The highest BCUT2D eigenvalue weighted by atomic mass is 16.3. The fourth-order valence-electron chi connectivity index (χ4n) is 1.66. The summed E-state index contributed by atoms with van der Waals surface area (Å²) in [5.74, 6) is 1.71. The molecule has 0 heterocycles. The Bertz CT molecular complexity index is 157. The first-order chi connectivity index (χ1) is 6.65. The monoisotopic (exact) mass is 200 g/mol. The van der Waals surface area contributed by atoms with Crippen LogP contribution in [-0.2, 0) is 0 Å². The van der Waals surface area contributed by atoms with Crippen LogP contribution in [0.15, 0.2) is 0 Å². The molecule has 0 radical (unpaired) electrons. The summed E-state index contributed by atoms with van der Waals surface area (Å²) in [7, 11) is 0. The minimum absolute atomic E-state index is 0.138. The van der Waals surface area contributed by atoms with Gasteiger partial charge in [0, 0.05) is 6.54 Å². The fourth-order valence-corrected chi connectivity index (χ4v) is 1.66. The molecular formula is C11H24N2O. The molecule has 1 aliphatic rings. The molecule has 0 bridgehead atoms. The maximum absolute atomic E-state index is 9.62. The molecule has 2 unspecified atom stereocenters. The zero-order chi connectivity index (χ0) is 10.6. The smallest absolute Gasteiger partial charge is 0.0692 e. The molecule has 0 aromatic carbocycles. The molecule has 14 heavy (non-hydrogen) atoms. The summed E-state index contributed by atoms with van der Waals surface area (Å²) in [5, 5.41) is 12.9. The van der Waals surface area contributed by atoms with Gasteiger partial charge in [-0.25, -0.2) is 0 Å². The van der Waals surface area contributed by atoms with Crippen LogP contribution in [0.1, 0.15) is 26.7 Å². The van der Waals surface area contributed by atoms with Gasteiger partial charge in [0.15, 0.2) is 0 Å². The third kappa shape index (κ3) is 3.95. The van der Waals surface area contributed by atoms with E-state index in [2.05, 4.69) is 19.2 Å². The third-order valence-electron chi connectivity index (χ3n) is 3.17. The lowest BCUT2D eigenvalue weighted by atomic mass is 9.96. The van der Waals surface area contributed by atoms with E-state index in [9.17, 15) is 5.11 Å². The molecule has 1 rings (SSSR count). The Morgan fingerprint density at radius 1 is 1.36 bits per heavy atom. The zero-order valence-electron chi connectivity index (χ0n) is 9.37. The Labute approximate surface area is 87.1 Å². The van der Waals surface area contributed by atoms with Gasteiger partial charge in [-0.2, -0.15) is 0 Å². The number of hydrogen-bond donors (Lipinski definition) is 3. The van der Waals surface area contributed by atoms with Crippen LogP contribution in [0.2, 0.25) is 0 Å². The summed E-state index contributed by atoms with van der Waals surface area (Å²) >= 11 is 0. The first-order valence-electron chi connectivity index (χ1n) is 5.74. The zero-order valence-corrected chi connectivity index (χ0v) is 9.37. The number of hydrogen-bond acceptors (Lipinski definition) is 3. The van der Waals surface area contributed by atoms with Gasteiger partial charge in [0.2, 0.25) is 0 Å². The molecule has 0 amide bonds. The molecule has 0 aromatic rings. The lowest BCUT2D eigenvalue weighted by molar-refractivity contribution is 0.146. The lowest BCUT2D eigenvalue weighted by Gasteiger charge is -2.20. The summed E-state index contributed by atoms with van der Waals surface area (Å²) in [5.41, 5.74) is 5.66. The van der Waals surface area contributed by atoms with Gasteiger partial charge in [-0.05, 0) is 43.7 Å². The van der Waals surface area contributed by atoms with Crippen molar-refractivity contribution in [2.24, 2.45) is 23.5 Å². The van der Waals surface area contributed by atoms with Crippen molar-refractivity contribution in [3.05, 3.63) is 0 Å². The van der Waals surface area contributed by atoms with E-state index in [0.29, 0.717) is 17.8 Å². The van der Waals surface area contributed by atoms with Crippen LogP contribution >= 0.6 is 0 Å². The summed E-state index contributed by atoms with van der Waals surface area (Å²) < 4.78 is 0. The standard InChI is InChI=1S/C11H24N2O/c1-8(2)10(5-12)6-13-7-11(14)9-3-4-9/h8-11,13-14H,3-7,12H2,1-2H3. The molecule has 1 fully saturated rings. The molecule has 0 saturated heterocycles. The van der Waals surface area contributed by atoms with Crippen LogP contribution in [0.25, 0.3) is 0 Å². The summed E-state index contributed by atoms with van der Waals surface area (Å²) in [4.78, 5) is 0. The van der Waals surface area contributed by atoms with E-state index in [1.165, 1.54) is 12.8 Å². The minimum atomic E-state index is -0.138. The maximum atomic E-state index is 9.62. The Kier molecular flexibility index (Phi) is 4.85. The predicted molar refractivity (Wildman–Crippen MR) is 59.0 cm³/mol. The Morgan fingerprint density at radius 2 is 2.00 bits per heavy atom. The van der Waals surface area contributed by atoms with E-state index in [4.69, 9.17) is 5.73 Å². The second kappa shape index (κ2) is 5.69. The molecule has 0 aromatic heterocycles. The molecule has 3 nitrogen and oxygen atoms in total. The van der Waals surface area contributed by atoms with Gasteiger partial charge in [0.05, 0.1) is 6.10 Å². The van der Waals surface area contributed by atoms with Crippen molar-refractivity contribution >= 4 is 0 Å². The fraction of sp³-hybridized carbons (Fsp3) is 1.00. The quantitative estimate of drug-likeness (QED) is 0.563. The van der Waals surface area contributed by atoms with Crippen molar-refractivity contribution in [3.8, 4) is 0 Å². The average molecular weight is 200 g/mol. The van der Waals surface area contributed by atoms with Gasteiger partial charge in [0.25, 0.3) is 0 Å². The van der Waals surface area contributed by atoms with E-state index in [1.807, 2.05) is 0 Å². The number of aliphatic hydroxyl groups is 1. The van der Waals surface area contributed by atoms with Gasteiger partial charge in [-0.15, -0.1) is 0 Å². The van der Waals surface area contributed by atoms with Crippen molar-refractivity contribution in [2.45, 2.75) is 32.8 Å². The van der Waals surface area contributed by atoms with E-state index >= 15 is 0 Å². The van der Waals surface area contributed by atoms with Gasteiger partial charge in [0.1, 0.15) is 0 Å². The first kappa shape index (κ1) is 12.0. The normalized spacial score (nSPS) is 21.2. The SMILES string of the molecule is CC(C)C(CN)CNCC(O)C1CC1. The molecule has 1 aliphatic carbocycles. The summed E-state index contributed by atoms with van der Waals surface area (Å²) in [6, 6.07) is 0. The van der Waals surface area contributed by atoms with Crippen LogP contribution < -0.4 is 11.1 Å². The minimum Gasteiger partial charge on any atom is -0.392 e. The highest BCUT2D eigenvalue weighted by Gasteiger charge is 2.29. The molecule has 1 saturated carbocycles. The highest BCUT2D eigenvalue weighted by molar-refractivity contribution is 4.82. The van der Waals surface area contributed by atoms with Crippen LogP contribution in [0, 0.1) is 17.8 Å². The highest BCUT2D eigenvalue weighted by Crippen LogP contribution is 2.32. The van der Waals surface area contributed by atoms with E-state index in [-0.39, 0.29) is 6.10 Å². The topological polar surface area (TPSA) is 58.3 Å².